The van der Waals surface area contributed by atoms with Gasteiger partial charge >= 0.3 is 6.18 Å². The molecular formula is C38H26F7N3O4S. The van der Waals surface area contributed by atoms with Crippen LogP contribution in [0.2, 0.25) is 0 Å². The van der Waals surface area contributed by atoms with Crippen molar-refractivity contribution in [2.24, 2.45) is 0 Å². The summed E-state index contributed by atoms with van der Waals surface area (Å²) in [6, 6.07) is 28.4. The number of hydrogen-bond acceptors (Lipinski definition) is 5. The molecule has 0 aliphatic heterocycles. The average Bonchev–Trinajstić information content (AvgIpc) is 3.15. The van der Waals surface area contributed by atoms with E-state index >= 15 is 0 Å². The van der Waals surface area contributed by atoms with Gasteiger partial charge in [0.05, 0.1) is 7.11 Å². The standard InChI is InChI=1S/C38H26F7N3O4S/c1-52-25-17-15-21(16-18-25)19-27(47-35(49)23-11-6-3-7-12-23)36(50)46-24-13-8-14-26(20-24)53-34(22-9-4-2-5-10-22)37(51)48-33-31(41)29(39)28(38(43,44)45)30(40)32(33)42/h2-20,34H,1H3,(H,46,50)(H,47,49)(H,48,51)/b27-19+. The van der Waals surface area contributed by atoms with Crippen LogP contribution in [0, 0.1) is 23.3 Å². The van der Waals surface area contributed by atoms with Gasteiger partial charge in [-0.25, -0.2) is 17.6 Å². The summed E-state index contributed by atoms with van der Waals surface area (Å²) >= 11 is 0.788. The molecule has 272 valence electrons. The normalized spacial score (nSPS) is 12.1. The number of benzene rings is 5. The predicted molar refractivity (Wildman–Crippen MR) is 185 cm³/mol. The van der Waals surface area contributed by atoms with Gasteiger partial charge in [-0.3, -0.25) is 14.4 Å². The molecule has 5 rings (SSSR count). The third kappa shape index (κ3) is 9.23. The molecule has 5 aromatic carbocycles. The summed E-state index contributed by atoms with van der Waals surface area (Å²) in [7, 11) is 1.49. The van der Waals surface area contributed by atoms with E-state index in [4.69, 9.17) is 4.74 Å². The fourth-order valence-electron chi connectivity index (χ4n) is 4.87. The Morgan fingerprint density at radius 2 is 1.34 bits per heavy atom. The van der Waals surface area contributed by atoms with Crippen LogP contribution < -0.4 is 20.7 Å². The average molecular weight is 754 g/mol. The van der Waals surface area contributed by atoms with E-state index in [1.165, 1.54) is 61.7 Å². The Kier molecular flexibility index (Phi) is 11.9. The van der Waals surface area contributed by atoms with E-state index in [2.05, 4.69) is 10.6 Å². The Labute approximate surface area is 301 Å². The molecule has 0 heterocycles. The summed E-state index contributed by atoms with van der Waals surface area (Å²) < 4.78 is 102. The summed E-state index contributed by atoms with van der Waals surface area (Å²) in [6.45, 7) is 0. The number of amides is 3. The van der Waals surface area contributed by atoms with Crippen LogP contribution in [0.4, 0.5) is 42.1 Å². The van der Waals surface area contributed by atoms with Crippen LogP contribution in [0.3, 0.4) is 0 Å². The molecule has 0 saturated carbocycles. The largest absolute Gasteiger partial charge is 0.497 e. The molecule has 0 saturated heterocycles. The van der Waals surface area contributed by atoms with Gasteiger partial charge in [0, 0.05) is 16.1 Å². The second kappa shape index (κ2) is 16.5. The SMILES string of the molecule is COc1ccc(/C=C(/NC(=O)c2ccccc2)C(=O)Nc2cccc(SC(C(=O)Nc3c(F)c(F)c(C(F)(F)F)c(F)c3F)c3ccccc3)c2)cc1. The molecule has 0 aliphatic carbocycles. The topological polar surface area (TPSA) is 96.5 Å². The Balaban J connectivity index is 1.42. The molecule has 0 radical (unpaired) electrons. The minimum absolute atomic E-state index is 0.135. The Morgan fingerprint density at radius 3 is 1.92 bits per heavy atom. The van der Waals surface area contributed by atoms with Crippen molar-refractivity contribution < 1.29 is 49.9 Å². The molecule has 7 nitrogen and oxygen atoms in total. The van der Waals surface area contributed by atoms with E-state index in [1.54, 1.807) is 66.0 Å². The summed E-state index contributed by atoms with van der Waals surface area (Å²) in [5.74, 6) is -12.3. The minimum Gasteiger partial charge on any atom is -0.497 e. The van der Waals surface area contributed by atoms with Gasteiger partial charge in [0.1, 0.15) is 27.9 Å². The number of ether oxygens (including phenoxy) is 1. The van der Waals surface area contributed by atoms with E-state index in [9.17, 15) is 45.1 Å². The molecule has 1 unspecified atom stereocenters. The summed E-state index contributed by atoms with van der Waals surface area (Å²) in [5, 5.41) is 5.60. The molecule has 0 spiro atoms. The zero-order valence-electron chi connectivity index (χ0n) is 27.2. The smallest absolute Gasteiger partial charge is 0.422 e. The number of carbonyl (C=O) groups excluding carboxylic acids is 3. The predicted octanol–water partition coefficient (Wildman–Crippen LogP) is 9.15. The highest BCUT2D eigenvalue weighted by molar-refractivity contribution is 8.00. The van der Waals surface area contributed by atoms with Gasteiger partial charge in [-0.05, 0) is 59.7 Å². The highest BCUT2D eigenvalue weighted by Gasteiger charge is 2.43. The van der Waals surface area contributed by atoms with Crippen molar-refractivity contribution in [2.75, 3.05) is 17.7 Å². The third-order valence-electron chi connectivity index (χ3n) is 7.44. The Morgan fingerprint density at radius 1 is 0.736 bits per heavy atom. The van der Waals surface area contributed by atoms with Gasteiger partial charge in [0.2, 0.25) is 5.91 Å². The van der Waals surface area contributed by atoms with Crippen molar-refractivity contribution in [1.82, 2.24) is 5.32 Å². The molecule has 3 N–H and O–H groups in total. The third-order valence-corrected chi connectivity index (χ3v) is 8.68. The number of nitrogens with one attached hydrogen (secondary N) is 3. The Bertz CT molecular complexity index is 2140. The van der Waals surface area contributed by atoms with E-state index < -0.39 is 63.7 Å². The van der Waals surface area contributed by atoms with Gasteiger partial charge in [-0.1, -0.05) is 66.7 Å². The molecule has 1 atom stereocenters. The van der Waals surface area contributed by atoms with Crippen molar-refractivity contribution in [3.63, 3.8) is 0 Å². The first-order valence-electron chi connectivity index (χ1n) is 15.4. The zero-order valence-corrected chi connectivity index (χ0v) is 28.1. The number of hydrogen-bond donors (Lipinski definition) is 3. The monoisotopic (exact) mass is 753 g/mol. The van der Waals surface area contributed by atoms with Crippen LogP contribution in [0.25, 0.3) is 6.08 Å². The lowest BCUT2D eigenvalue weighted by atomic mass is 10.1. The quantitative estimate of drug-likeness (QED) is 0.0542. The lowest BCUT2D eigenvalue weighted by Gasteiger charge is -2.19. The first-order valence-corrected chi connectivity index (χ1v) is 16.2. The maximum atomic E-state index is 14.7. The van der Waals surface area contributed by atoms with E-state index in [1.807, 2.05) is 0 Å². The van der Waals surface area contributed by atoms with Crippen LogP contribution in [0.5, 0.6) is 5.75 Å². The van der Waals surface area contributed by atoms with Crippen molar-refractivity contribution in [2.45, 2.75) is 16.3 Å². The zero-order chi connectivity index (χ0) is 38.3. The number of anilines is 2. The molecule has 5 aromatic rings. The number of methoxy groups -OCH3 is 1. The summed E-state index contributed by atoms with van der Waals surface area (Å²) in [4.78, 5) is 40.4. The van der Waals surface area contributed by atoms with Crippen LogP contribution in [0.15, 0.2) is 120 Å². The van der Waals surface area contributed by atoms with Gasteiger partial charge in [-0.2, -0.15) is 13.2 Å². The second-order valence-corrected chi connectivity index (χ2v) is 12.2. The van der Waals surface area contributed by atoms with Crippen LogP contribution in [0.1, 0.15) is 32.3 Å². The second-order valence-electron chi connectivity index (χ2n) is 11.0. The lowest BCUT2D eigenvalue weighted by Crippen LogP contribution is -2.30. The summed E-state index contributed by atoms with van der Waals surface area (Å²) in [6.07, 6.45) is -4.32. The number of thioether (sulfide) groups is 1. The van der Waals surface area contributed by atoms with Crippen LogP contribution in [-0.4, -0.2) is 24.8 Å². The highest BCUT2D eigenvalue weighted by Crippen LogP contribution is 2.41. The molecular weight excluding hydrogens is 727 g/mol. The lowest BCUT2D eigenvalue weighted by molar-refractivity contribution is -0.143. The van der Waals surface area contributed by atoms with E-state index in [-0.39, 0.29) is 22.5 Å². The first kappa shape index (κ1) is 38.1. The minimum atomic E-state index is -5.76. The summed E-state index contributed by atoms with van der Waals surface area (Å²) in [5.41, 5.74) is -3.40. The van der Waals surface area contributed by atoms with Crippen LogP contribution >= 0.6 is 11.8 Å². The molecule has 0 aromatic heterocycles. The van der Waals surface area contributed by atoms with Gasteiger partial charge in [0.25, 0.3) is 11.8 Å². The highest BCUT2D eigenvalue weighted by atomic mass is 32.2. The molecule has 0 fully saturated rings. The number of carbonyl (C=O) groups is 3. The van der Waals surface area contributed by atoms with Crippen LogP contribution in [-0.2, 0) is 15.8 Å². The Hall–Kier alpha value is -6.09. The molecule has 0 bridgehead atoms. The number of rotatable bonds is 11. The maximum absolute atomic E-state index is 14.7. The van der Waals surface area contributed by atoms with E-state index in [0.717, 1.165) is 11.8 Å². The molecule has 3 amide bonds. The van der Waals surface area contributed by atoms with Gasteiger partial charge in [0.15, 0.2) is 23.3 Å². The fraction of sp³-hybridized carbons (Fsp3) is 0.0789. The van der Waals surface area contributed by atoms with Crippen molar-refractivity contribution in [3.05, 3.63) is 160 Å². The molecule has 0 aliphatic rings. The van der Waals surface area contributed by atoms with Gasteiger partial charge < -0.3 is 20.7 Å². The molecule has 15 heteroatoms. The number of alkyl halides is 3. The van der Waals surface area contributed by atoms with Crippen molar-refractivity contribution in [3.8, 4) is 5.75 Å². The van der Waals surface area contributed by atoms with Crippen molar-refractivity contribution >= 4 is 46.9 Å². The maximum Gasteiger partial charge on any atom is 0.422 e. The number of halogens is 7. The van der Waals surface area contributed by atoms with Gasteiger partial charge in [-0.15, -0.1) is 11.8 Å². The van der Waals surface area contributed by atoms with E-state index in [0.29, 0.717) is 16.2 Å². The van der Waals surface area contributed by atoms with Crippen molar-refractivity contribution in [1.29, 1.82) is 0 Å². The first-order chi connectivity index (χ1) is 25.3. The molecule has 53 heavy (non-hydrogen) atoms. The fourth-order valence-corrected chi connectivity index (χ4v) is 5.95.